The smallest absolute Gasteiger partial charge is 0.257 e. The molecular weight excluding hydrogens is 326 g/mol. The van der Waals surface area contributed by atoms with Gasteiger partial charge in [0.05, 0.1) is 17.3 Å². The van der Waals surface area contributed by atoms with Crippen molar-refractivity contribution in [3.8, 4) is 5.75 Å². The van der Waals surface area contributed by atoms with Crippen molar-refractivity contribution in [3.63, 3.8) is 0 Å². The van der Waals surface area contributed by atoms with E-state index in [1.807, 2.05) is 6.07 Å². The second kappa shape index (κ2) is 6.67. The second-order valence-corrected chi connectivity index (χ2v) is 6.10. The van der Waals surface area contributed by atoms with E-state index in [1.165, 1.54) is 18.3 Å². The molecule has 0 aliphatic heterocycles. The second-order valence-electron chi connectivity index (χ2n) is 5.07. The van der Waals surface area contributed by atoms with Gasteiger partial charge in [0.2, 0.25) is 5.91 Å². The maximum atomic E-state index is 12.3. The molecule has 0 aliphatic rings. The Labute approximate surface area is 142 Å². The summed E-state index contributed by atoms with van der Waals surface area (Å²) in [5.41, 5.74) is 1.95. The fraction of sp³-hybridized carbons (Fsp3) is 0.118. The number of thiazole rings is 1. The number of benzene rings is 2. The van der Waals surface area contributed by atoms with Gasteiger partial charge in [0.25, 0.3) is 5.91 Å². The van der Waals surface area contributed by atoms with Crippen LogP contribution in [0, 0.1) is 0 Å². The number of nitrogens with zero attached hydrogens (tertiary/aromatic N) is 1. The Bertz CT molecular complexity index is 920. The average molecular weight is 341 g/mol. The molecule has 0 saturated carbocycles. The lowest BCUT2D eigenvalue weighted by molar-refractivity contribution is -0.114. The fourth-order valence-corrected chi connectivity index (χ4v) is 3.09. The van der Waals surface area contributed by atoms with Crippen molar-refractivity contribution in [1.82, 2.24) is 4.98 Å². The molecule has 0 spiro atoms. The van der Waals surface area contributed by atoms with Crippen LogP contribution < -0.4 is 15.4 Å². The lowest BCUT2D eigenvalue weighted by Crippen LogP contribution is -2.11. The van der Waals surface area contributed by atoms with Crippen molar-refractivity contribution in [3.05, 3.63) is 48.0 Å². The number of ether oxygens (including phenoxy) is 1. The molecule has 3 rings (SSSR count). The van der Waals surface area contributed by atoms with Crippen LogP contribution in [0.25, 0.3) is 10.2 Å². The highest BCUT2D eigenvalue weighted by Crippen LogP contribution is 2.28. The van der Waals surface area contributed by atoms with Gasteiger partial charge >= 0.3 is 0 Å². The Morgan fingerprint density at radius 2 is 1.96 bits per heavy atom. The van der Waals surface area contributed by atoms with E-state index in [2.05, 4.69) is 15.6 Å². The van der Waals surface area contributed by atoms with Crippen molar-refractivity contribution < 1.29 is 14.3 Å². The number of rotatable bonds is 4. The molecule has 0 bridgehead atoms. The number of amides is 2. The van der Waals surface area contributed by atoms with E-state index in [0.29, 0.717) is 22.1 Å². The Hall–Kier alpha value is -2.93. The molecule has 2 N–H and O–H groups in total. The number of aromatic nitrogens is 1. The molecule has 122 valence electrons. The van der Waals surface area contributed by atoms with Crippen molar-refractivity contribution in [2.24, 2.45) is 0 Å². The number of methoxy groups -OCH3 is 1. The minimum Gasteiger partial charge on any atom is -0.497 e. The Kier molecular flexibility index (Phi) is 4.43. The zero-order chi connectivity index (χ0) is 17.1. The average Bonchev–Trinajstić information content (AvgIpc) is 2.95. The van der Waals surface area contributed by atoms with Crippen molar-refractivity contribution in [1.29, 1.82) is 0 Å². The molecule has 2 amide bonds. The predicted molar refractivity (Wildman–Crippen MR) is 94.9 cm³/mol. The van der Waals surface area contributed by atoms with E-state index in [9.17, 15) is 9.59 Å². The molecule has 0 fully saturated rings. The summed E-state index contributed by atoms with van der Waals surface area (Å²) in [4.78, 5) is 27.8. The third kappa shape index (κ3) is 3.52. The predicted octanol–water partition coefficient (Wildman–Crippen LogP) is 3.52. The van der Waals surface area contributed by atoms with Crippen molar-refractivity contribution in [2.45, 2.75) is 6.92 Å². The Morgan fingerprint density at radius 3 is 2.71 bits per heavy atom. The van der Waals surface area contributed by atoms with E-state index in [1.54, 1.807) is 43.5 Å². The van der Waals surface area contributed by atoms with Gasteiger partial charge in [-0.3, -0.25) is 14.9 Å². The maximum Gasteiger partial charge on any atom is 0.257 e. The number of hydrogen-bond donors (Lipinski definition) is 2. The van der Waals surface area contributed by atoms with E-state index in [-0.39, 0.29) is 11.8 Å². The highest BCUT2D eigenvalue weighted by molar-refractivity contribution is 7.22. The first kappa shape index (κ1) is 15.9. The van der Waals surface area contributed by atoms with Crippen LogP contribution in [0.4, 0.5) is 10.8 Å². The molecule has 2 aromatic carbocycles. The van der Waals surface area contributed by atoms with Gasteiger partial charge in [0.15, 0.2) is 5.13 Å². The number of anilines is 2. The molecule has 24 heavy (non-hydrogen) atoms. The summed E-state index contributed by atoms with van der Waals surface area (Å²) < 4.78 is 6.00. The van der Waals surface area contributed by atoms with Gasteiger partial charge in [-0.05, 0) is 36.4 Å². The van der Waals surface area contributed by atoms with Crippen LogP contribution >= 0.6 is 11.3 Å². The number of carbonyl (C=O) groups is 2. The third-order valence-electron chi connectivity index (χ3n) is 3.26. The van der Waals surface area contributed by atoms with Gasteiger partial charge < -0.3 is 10.1 Å². The Balaban J connectivity index is 1.81. The van der Waals surface area contributed by atoms with E-state index in [4.69, 9.17) is 4.74 Å². The first-order valence-corrected chi connectivity index (χ1v) is 8.00. The summed E-state index contributed by atoms with van der Waals surface area (Å²) in [6.07, 6.45) is 0. The molecule has 3 aromatic rings. The van der Waals surface area contributed by atoms with Crippen LogP contribution in [-0.2, 0) is 4.79 Å². The molecule has 1 heterocycles. The molecule has 0 radical (unpaired) electrons. The zero-order valence-electron chi connectivity index (χ0n) is 13.1. The number of carbonyl (C=O) groups excluding carboxylic acids is 2. The summed E-state index contributed by atoms with van der Waals surface area (Å²) in [6.45, 7) is 1.46. The molecule has 6 nitrogen and oxygen atoms in total. The van der Waals surface area contributed by atoms with Gasteiger partial charge in [-0.15, -0.1) is 0 Å². The lowest BCUT2D eigenvalue weighted by atomic mass is 10.2. The summed E-state index contributed by atoms with van der Waals surface area (Å²) >= 11 is 1.35. The molecule has 0 saturated heterocycles. The van der Waals surface area contributed by atoms with Gasteiger partial charge in [0.1, 0.15) is 5.75 Å². The van der Waals surface area contributed by atoms with Gasteiger partial charge in [-0.25, -0.2) is 4.98 Å². The number of fused-ring (bicyclic) bond motifs is 1. The minimum absolute atomic E-state index is 0.134. The third-order valence-corrected chi connectivity index (χ3v) is 4.19. The fourth-order valence-electron chi connectivity index (χ4n) is 2.19. The van der Waals surface area contributed by atoms with Gasteiger partial charge in [-0.2, -0.15) is 0 Å². The summed E-state index contributed by atoms with van der Waals surface area (Å²) in [7, 11) is 1.55. The van der Waals surface area contributed by atoms with Gasteiger partial charge in [0, 0.05) is 18.2 Å². The van der Waals surface area contributed by atoms with Crippen LogP contribution in [-0.4, -0.2) is 23.9 Å². The normalized spacial score (nSPS) is 10.4. The van der Waals surface area contributed by atoms with Crippen molar-refractivity contribution in [2.75, 3.05) is 17.7 Å². The monoisotopic (exact) mass is 341 g/mol. The molecule has 1 aromatic heterocycles. The lowest BCUT2D eigenvalue weighted by Gasteiger charge is -2.03. The summed E-state index contributed by atoms with van der Waals surface area (Å²) in [5, 5.41) is 6.01. The first-order valence-electron chi connectivity index (χ1n) is 7.19. The summed E-state index contributed by atoms with van der Waals surface area (Å²) in [5.74, 6) is 0.229. The maximum absolute atomic E-state index is 12.3. The molecule has 0 atom stereocenters. The first-order chi connectivity index (χ1) is 11.5. The highest BCUT2D eigenvalue weighted by Gasteiger charge is 2.11. The molecule has 0 aliphatic carbocycles. The quantitative estimate of drug-likeness (QED) is 0.761. The number of hydrogen-bond acceptors (Lipinski definition) is 5. The van der Waals surface area contributed by atoms with Crippen LogP contribution in [0.1, 0.15) is 17.3 Å². The molecular formula is C17H15N3O3S. The minimum atomic E-state index is -0.255. The van der Waals surface area contributed by atoms with E-state index in [0.717, 1.165) is 10.2 Å². The number of nitrogens with one attached hydrogen (secondary N) is 2. The standard InChI is InChI=1S/C17H15N3O3S/c1-10(21)18-12-6-7-14-15(9-12)24-17(19-14)20-16(22)11-4-3-5-13(8-11)23-2/h3-9H,1-2H3,(H,18,21)(H,19,20,22). The van der Waals surface area contributed by atoms with Crippen LogP contribution in [0.3, 0.4) is 0 Å². The van der Waals surface area contributed by atoms with E-state index >= 15 is 0 Å². The Morgan fingerprint density at radius 1 is 1.12 bits per heavy atom. The van der Waals surface area contributed by atoms with Crippen molar-refractivity contribution >= 4 is 44.2 Å². The molecule has 0 unspecified atom stereocenters. The van der Waals surface area contributed by atoms with Crippen LogP contribution in [0.15, 0.2) is 42.5 Å². The van der Waals surface area contributed by atoms with Gasteiger partial charge in [-0.1, -0.05) is 17.4 Å². The zero-order valence-corrected chi connectivity index (χ0v) is 13.9. The van der Waals surface area contributed by atoms with E-state index < -0.39 is 0 Å². The van der Waals surface area contributed by atoms with Crippen LogP contribution in [0.2, 0.25) is 0 Å². The SMILES string of the molecule is COc1cccc(C(=O)Nc2nc3ccc(NC(C)=O)cc3s2)c1. The highest BCUT2D eigenvalue weighted by atomic mass is 32.1. The topological polar surface area (TPSA) is 80.3 Å². The summed E-state index contributed by atoms with van der Waals surface area (Å²) in [6, 6.07) is 12.3. The largest absolute Gasteiger partial charge is 0.497 e. The van der Waals surface area contributed by atoms with Crippen LogP contribution in [0.5, 0.6) is 5.75 Å². The molecule has 7 heteroatoms.